The second kappa shape index (κ2) is 7.61. The average Bonchev–Trinajstić information content (AvgIpc) is 3.33. The third-order valence-corrected chi connectivity index (χ3v) is 7.17. The summed E-state index contributed by atoms with van der Waals surface area (Å²) in [7, 11) is 0. The van der Waals surface area contributed by atoms with Crippen molar-refractivity contribution in [2.24, 2.45) is 0 Å². The number of aromatic nitrogens is 3. The van der Waals surface area contributed by atoms with Gasteiger partial charge in [-0.2, -0.15) is 0 Å². The second-order valence-corrected chi connectivity index (χ2v) is 8.85. The number of imidazole rings is 1. The Morgan fingerprint density at radius 2 is 1.37 bits per heavy atom. The van der Waals surface area contributed by atoms with Crippen LogP contribution in [0.3, 0.4) is 0 Å². The SMILES string of the molecule is CC.c1ccc(B2c3ccccc3-n3c4c2ccc2cccc(c24)n2c4ccccc4nc32)cc1. The lowest BCUT2D eigenvalue weighted by atomic mass is 9.35. The topological polar surface area (TPSA) is 22.2 Å². The predicted octanol–water partition coefficient (Wildman–Crippen LogP) is 5.44. The molecule has 0 aliphatic carbocycles. The first kappa shape index (κ1) is 20.1. The van der Waals surface area contributed by atoms with Crippen LogP contribution in [-0.4, -0.2) is 20.7 Å². The van der Waals surface area contributed by atoms with Gasteiger partial charge in [-0.1, -0.05) is 104 Å². The van der Waals surface area contributed by atoms with Crippen molar-refractivity contribution in [1.82, 2.24) is 14.0 Å². The van der Waals surface area contributed by atoms with Gasteiger partial charge < -0.3 is 0 Å². The number of hydrogen-bond acceptors (Lipinski definition) is 1. The summed E-state index contributed by atoms with van der Waals surface area (Å²) in [4.78, 5) is 5.15. The zero-order valence-corrected chi connectivity index (χ0v) is 19.8. The van der Waals surface area contributed by atoms with Crippen LogP contribution in [0.1, 0.15) is 13.8 Å². The van der Waals surface area contributed by atoms with Crippen LogP contribution in [0.25, 0.3) is 44.3 Å². The first-order chi connectivity index (χ1) is 17.4. The molecule has 3 heterocycles. The zero-order chi connectivity index (χ0) is 23.5. The maximum atomic E-state index is 5.15. The molecule has 0 atom stereocenters. The standard InChI is InChI=1S/C29H18BN3.C2H6/c1-2-10-20(11-3-1)30-21-12-4-6-14-24(21)33-28-22(30)18-17-19-9-8-16-26(27(19)28)32-25-15-7-5-13-23(25)31-29(32)33;1-2/h1-18H;1-2H3. The quantitative estimate of drug-likeness (QED) is 0.306. The van der Waals surface area contributed by atoms with E-state index in [9.17, 15) is 0 Å². The number of nitrogens with zero attached hydrogens (tertiary/aromatic N) is 3. The van der Waals surface area contributed by atoms with Crippen LogP contribution in [0.15, 0.2) is 109 Å². The Kier molecular flexibility index (Phi) is 4.37. The second-order valence-electron chi connectivity index (χ2n) is 8.85. The third-order valence-electron chi connectivity index (χ3n) is 7.17. The van der Waals surface area contributed by atoms with Crippen LogP contribution < -0.4 is 16.4 Å². The summed E-state index contributed by atoms with van der Waals surface area (Å²) in [6, 6.07) is 39.3. The first-order valence-corrected chi connectivity index (χ1v) is 12.4. The molecule has 0 bridgehead atoms. The van der Waals surface area contributed by atoms with Crippen LogP contribution in [0.5, 0.6) is 0 Å². The normalized spacial score (nSPS) is 12.2. The summed E-state index contributed by atoms with van der Waals surface area (Å²) in [6.45, 7) is 4.18. The van der Waals surface area contributed by atoms with E-state index in [2.05, 4.69) is 118 Å². The summed E-state index contributed by atoms with van der Waals surface area (Å²) in [5, 5.41) is 2.55. The molecule has 2 aromatic heterocycles. The molecule has 0 radical (unpaired) electrons. The molecule has 8 rings (SSSR count). The van der Waals surface area contributed by atoms with E-state index in [1.54, 1.807) is 0 Å². The van der Waals surface area contributed by atoms with E-state index in [4.69, 9.17) is 4.98 Å². The van der Waals surface area contributed by atoms with Crippen LogP contribution in [0.4, 0.5) is 0 Å². The van der Waals surface area contributed by atoms with Crippen molar-refractivity contribution in [3.8, 4) is 5.69 Å². The minimum Gasteiger partial charge on any atom is -0.281 e. The van der Waals surface area contributed by atoms with Gasteiger partial charge in [0.25, 0.3) is 0 Å². The Balaban J connectivity index is 0.00000103. The highest BCUT2D eigenvalue weighted by Gasteiger charge is 2.33. The predicted molar refractivity (Wildman–Crippen MR) is 149 cm³/mol. The van der Waals surface area contributed by atoms with Crippen molar-refractivity contribution < 1.29 is 0 Å². The largest absolute Gasteiger partial charge is 0.281 e. The van der Waals surface area contributed by atoms with Crippen LogP contribution in [-0.2, 0) is 0 Å². The fourth-order valence-corrected chi connectivity index (χ4v) is 5.85. The summed E-state index contributed by atoms with van der Waals surface area (Å²) in [5.41, 5.74) is 9.79. The fraction of sp³-hybridized carbons (Fsp3) is 0.0645. The number of rotatable bonds is 1. The molecule has 0 amide bonds. The molecule has 1 aliphatic rings. The maximum absolute atomic E-state index is 5.15. The average molecular weight is 449 g/mol. The van der Waals surface area contributed by atoms with Crippen LogP contribution in [0, 0.1) is 0 Å². The minimum atomic E-state index is 0.182. The molecule has 3 nitrogen and oxygen atoms in total. The molecule has 0 spiro atoms. The van der Waals surface area contributed by atoms with Gasteiger partial charge in [0.2, 0.25) is 12.5 Å². The molecule has 0 fully saturated rings. The smallest absolute Gasteiger partial charge is 0.246 e. The van der Waals surface area contributed by atoms with Gasteiger partial charge in [0.05, 0.1) is 22.1 Å². The molecule has 35 heavy (non-hydrogen) atoms. The number of benzene rings is 5. The number of para-hydroxylation sites is 3. The molecule has 0 saturated heterocycles. The Morgan fingerprint density at radius 1 is 0.629 bits per heavy atom. The van der Waals surface area contributed by atoms with Gasteiger partial charge in [-0.05, 0) is 40.6 Å². The lowest BCUT2D eigenvalue weighted by Gasteiger charge is -2.30. The van der Waals surface area contributed by atoms with Crippen LogP contribution >= 0.6 is 0 Å². The lowest BCUT2D eigenvalue weighted by Crippen LogP contribution is -2.56. The lowest BCUT2D eigenvalue weighted by molar-refractivity contribution is 1.07. The van der Waals surface area contributed by atoms with E-state index >= 15 is 0 Å². The summed E-state index contributed by atoms with van der Waals surface area (Å²) in [5.74, 6) is 0.961. The van der Waals surface area contributed by atoms with Crippen molar-refractivity contribution >= 4 is 61.7 Å². The van der Waals surface area contributed by atoms with E-state index in [-0.39, 0.29) is 6.71 Å². The van der Waals surface area contributed by atoms with E-state index in [1.165, 1.54) is 43.9 Å². The van der Waals surface area contributed by atoms with Crippen molar-refractivity contribution in [2.45, 2.75) is 13.8 Å². The Bertz CT molecular complexity index is 1880. The highest BCUT2D eigenvalue weighted by molar-refractivity contribution is 6.98. The third kappa shape index (κ3) is 2.65. The molecule has 166 valence electrons. The Hall–Kier alpha value is -4.31. The highest BCUT2D eigenvalue weighted by Crippen LogP contribution is 2.34. The van der Waals surface area contributed by atoms with Crippen molar-refractivity contribution in [1.29, 1.82) is 0 Å². The van der Waals surface area contributed by atoms with E-state index in [0.29, 0.717) is 0 Å². The first-order valence-electron chi connectivity index (χ1n) is 12.4. The van der Waals surface area contributed by atoms with Gasteiger partial charge in [-0.15, -0.1) is 0 Å². The monoisotopic (exact) mass is 449 g/mol. The highest BCUT2D eigenvalue weighted by atomic mass is 15.2. The van der Waals surface area contributed by atoms with Gasteiger partial charge in [0.15, 0.2) is 0 Å². The van der Waals surface area contributed by atoms with Crippen molar-refractivity contribution in [2.75, 3.05) is 0 Å². The van der Waals surface area contributed by atoms with Gasteiger partial charge in [0, 0.05) is 11.1 Å². The van der Waals surface area contributed by atoms with Crippen molar-refractivity contribution in [3.63, 3.8) is 0 Å². The van der Waals surface area contributed by atoms with Gasteiger partial charge in [-0.25, -0.2) is 4.98 Å². The molecule has 0 unspecified atom stereocenters. The van der Waals surface area contributed by atoms with Gasteiger partial charge in [-0.3, -0.25) is 8.97 Å². The molecule has 7 aromatic rings. The number of fused-ring (bicyclic) bond motifs is 7. The maximum Gasteiger partial charge on any atom is 0.246 e. The fourth-order valence-electron chi connectivity index (χ4n) is 5.85. The zero-order valence-electron chi connectivity index (χ0n) is 19.8. The summed E-state index contributed by atoms with van der Waals surface area (Å²) >= 11 is 0. The van der Waals surface area contributed by atoms with Crippen molar-refractivity contribution in [3.05, 3.63) is 109 Å². The van der Waals surface area contributed by atoms with Gasteiger partial charge in [0.1, 0.15) is 0 Å². The summed E-state index contributed by atoms with van der Waals surface area (Å²) in [6.07, 6.45) is 0. The minimum absolute atomic E-state index is 0.182. The van der Waals surface area contributed by atoms with E-state index in [1.807, 2.05) is 13.8 Å². The molecular formula is C31H24BN3. The number of hydrogen-bond donors (Lipinski definition) is 0. The summed E-state index contributed by atoms with van der Waals surface area (Å²) < 4.78 is 4.72. The molecule has 0 N–H and O–H groups in total. The molecule has 4 heteroatoms. The molecule has 1 aliphatic heterocycles. The molecule has 0 saturated carbocycles. The Morgan fingerprint density at radius 3 is 2.26 bits per heavy atom. The Labute approximate surface area is 204 Å². The molecular weight excluding hydrogens is 425 g/mol. The van der Waals surface area contributed by atoms with Gasteiger partial charge >= 0.3 is 0 Å². The van der Waals surface area contributed by atoms with E-state index < -0.39 is 0 Å². The molecule has 5 aromatic carbocycles. The van der Waals surface area contributed by atoms with E-state index in [0.717, 1.165) is 16.8 Å². The van der Waals surface area contributed by atoms with Crippen LogP contribution in [0.2, 0.25) is 0 Å².